The van der Waals surface area contributed by atoms with E-state index in [1.54, 1.807) is 42.5 Å². The van der Waals surface area contributed by atoms with E-state index in [9.17, 15) is 9.59 Å². The van der Waals surface area contributed by atoms with Gasteiger partial charge in [0.05, 0.1) is 4.47 Å². The first kappa shape index (κ1) is 20.6. The summed E-state index contributed by atoms with van der Waals surface area (Å²) in [6.07, 6.45) is 0. The van der Waals surface area contributed by atoms with Gasteiger partial charge in [-0.15, -0.1) is 0 Å². The third-order valence-corrected chi connectivity index (χ3v) is 4.47. The molecule has 0 aliphatic carbocycles. The molecule has 2 amide bonds. The lowest BCUT2D eigenvalue weighted by Crippen LogP contribution is -2.49. The predicted octanol–water partition coefficient (Wildman–Crippen LogP) is 3.58. The maximum atomic E-state index is 11.9. The number of carbonyl (C=O) groups excluding carboxylic acids is 2. The lowest BCUT2D eigenvalue weighted by Gasteiger charge is -2.12. The van der Waals surface area contributed by atoms with Gasteiger partial charge < -0.3 is 4.74 Å². The van der Waals surface area contributed by atoms with E-state index < -0.39 is 11.8 Å². The van der Waals surface area contributed by atoms with Crippen LogP contribution in [0.15, 0.2) is 51.4 Å². The van der Waals surface area contributed by atoms with Crippen LogP contribution in [0.3, 0.4) is 0 Å². The molecular formula is C16H12Br2ClN3O3S. The molecule has 0 bridgehead atoms. The van der Waals surface area contributed by atoms with Crippen molar-refractivity contribution in [3.63, 3.8) is 0 Å². The summed E-state index contributed by atoms with van der Waals surface area (Å²) in [5.74, 6) is -0.385. The Labute approximate surface area is 176 Å². The van der Waals surface area contributed by atoms with Crippen LogP contribution in [0.25, 0.3) is 0 Å². The summed E-state index contributed by atoms with van der Waals surface area (Å²) in [4.78, 5) is 23.7. The molecule has 26 heavy (non-hydrogen) atoms. The minimum atomic E-state index is -0.474. The number of amides is 2. The first-order chi connectivity index (χ1) is 12.3. The Bertz CT molecular complexity index is 834. The van der Waals surface area contributed by atoms with Gasteiger partial charge in [-0.05, 0) is 70.6 Å². The van der Waals surface area contributed by atoms with E-state index in [-0.39, 0.29) is 11.7 Å². The van der Waals surface area contributed by atoms with Crippen LogP contribution in [-0.2, 0) is 4.79 Å². The smallest absolute Gasteiger partial charge is 0.269 e. The van der Waals surface area contributed by atoms with Crippen LogP contribution in [-0.4, -0.2) is 23.5 Å². The molecule has 0 spiro atoms. The van der Waals surface area contributed by atoms with E-state index in [1.165, 1.54) is 0 Å². The highest BCUT2D eigenvalue weighted by atomic mass is 79.9. The average molecular weight is 522 g/mol. The molecular weight excluding hydrogens is 510 g/mol. The lowest BCUT2D eigenvalue weighted by molar-refractivity contribution is -0.121. The van der Waals surface area contributed by atoms with Gasteiger partial charge in [-0.3, -0.25) is 25.8 Å². The molecule has 0 saturated heterocycles. The van der Waals surface area contributed by atoms with Gasteiger partial charge in [0.25, 0.3) is 11.8 Å². The van der Waals surface area contributed by atoms with Gasteiger partial charge >= 0.3 is 0 Å². The maximum Gasteiger partial charge on any atom is 0.269 e. The maximum absolute atomic E-state index is 11.9. The van der Waals surface area contributed by atoms with Crippen LogP contribution in [0, 0.1) is 0 Å². The van der Waals surface area contributed by atoms with Crippen LogP contribution in [0.2, 0.25) is 5.02 Å². The molecule has 2 rings (SSSR count). The molecule has 3 N–H and O–H groups in total. The molecule has 6 nitrogen and oxygen atoms in total. The number of benzene rings is 2. The van der Waals surface area contributed by atoms with Gasteiger partial charge in [-0.1, -0.05) is 27.5 Å². The Hall–Kier alpha value is -1.68. The third kappa shape index (κ3) is 6.56. The van der Waals surface area contributed by atoms with Gasteiger partial charge in [0.15, 0.2) is 11.7 Å². The van der Waals surface area contributed by atoms with Crippen molar-refractivity contribution >= 4 is 72.6 Å². The molecule has 0 atom stereocenters. The van der Waals surface area contributed by atoms with Gasteiger partial charge in [-0.2, -0.15) is 0 Å². The van der Waals surface area contributed by atoms with Crippen molar-refractivity contribution in [1.29, 1.82) is 0 Å². The number of hydrazine groups is 1. The van der Waals surface area contributed by atoms with Crippen LogP contribution in [0.4, 0.5) is 0 Å². The van der Waals surface area contributed by atoms with Gasteiger partial charge in [0.1, 0.15) is 5.75 Å². The van der Waals surface area contributed by atoms with E-state index in [0.717, 1.165) is 4.47 Å². The Kier molecular flexibility index (Phi) is 7.83. The summed E-state index contributed by atoms with van der Waals surface area (Å²) in [6.45, 7) is -0.243. The van der Waals surface area contributed by atoms with E-state index in [1.807, 2.05) is 0 Å². The highest BCUT2D eigenvalue weighted by Crippen LogP contribution is 2.28. The van der Waals surface area contributed by atoms with E-state index in [2.05, 4.69) is 48.0 Å². The Balaban J connectivity index is 1.75. The summed E-state index contributed by atoms with van der Waals surface area (Å²) in [5, 5.41) is 2.86. The minimum absolute atomic E-state index is 0.0595. The number of hydrogen-bond donors (Lipinski definition) is 3. The van der Waals surface area contributed by atoms with Crippen molar-refractivity contribution < 1.29 is 14.3 Å². The first-order valence-electron chi connectivity index (χ1n) is 7.09. The Morgan fingerprint density at radius 3 is 2.42 bits per heavy atom. The molecule has 2 aromatic carbocycles. The molecule has 10 heteroatoms. The van der Waals surface area contributed by atoms with Crippen LogP contribution >= 0.6 is 55.7 Å². The van der Waals surface area contributed by atoms with E-state index >= 15 is 0 Å². The average Bonchev–Trinajstić information content (AvgIpc) is 2.59. The fourth-order valence-corrected chi connectivity index (χ4v) is 3.17. The second-order valence-corrected chi connectivity index (χ2v) is 7.44. The molecule has 0 aliphatic heterocycles. The fourth-order valence-electron chi connectivity index (χ4n) is 1.72. The zero-order valence-corrected chi connectivity index (χ0v) is 17.8. The molecule has 0 fully saturated rings. The summed E-state index contributed by atoms with van der Waals surface area (Å²) in [5.41, 5.74) is 5.20. The van der Waals surface area contributed by atoms with Crippen LogP contribution < -0.4 is 20.9 Å². The van der Waals surface area contributed by atoms with Crippen molar-refractivity contribution in [2.45, 2.75) is 0 Å². The lowest BCUT2D eigenvalue weighted by atomic mass is 10.2. The Morgan fingerprint density at radius 1 is 1.08 bits per heavy atom. The highest BCUT2D eigenvalue weighted by Gasteiger charge is 2.09. The van der Waals surface area contributed by atoms with Crippen molar-refractivity contribution in [2.24, 2.45) is 0 Å². The summed E-state index contributed by atoms with van der Waals surface area (Å²) in [7, 11) is 0. The van der Waals surface area contributed by atoms with Gasteiger partial charge in [0, 0.05) is 15.1 Å². The third-order valence-electron chi connectivity index (χ3n) is 2.90. The zero-order valence-electron chi connectivity index (χ0n) is 13.0. The number of thiocarbonyl (C=S) groups is 1. The van der Waals surface area contributed by atoms with Crippen molar-refractivity contribution in [1.82, 2.24) is 16.2 Å². The number of nitrogens with one attached hydrogen (secondary N) is 3. The van der Waals surface area contributed by atoms with Crippen molar-refractivity contribution in [3.05, 3.63) is 62.0 Å². The minimum Gasteiger partial charge on any atom is -0.483 e. The van der Waals surface area contributed by atoms with Crippen molar-refractivity contribution in [3.8, 4) is 5.75 Å². The molecule has 0 unspecified atom stereocenters. The highest BCUT2D eigenvalue weighted by molar-refractivity contribution is 9.11. The fraction of sp³-hybridized carbons (Fsp3) is 0.0625. The summed E-state index contributed by atoms with van der Waals surface area (Å²) in [6, 6.07) is 11.6. The summed E-state index contributed by atoms with van der Waals surface area (Å²) >= 11 is 17.4. The largest absolute Gasteiger partial charge is 0.483 e. The molecule has 0 radical (unpaired) electrons. The summed E-state index contributed by atoms with van der Waals surface area (Å²) < 4.78 is 6.98. The van der Waals surface area contributed by atoms with Crippen molar-refractivity contribution in [2.75, 3.05) is 6.61 Å². The quantitative estimate of drug-likeness (QED) is 0.424. The number of rotatable bonds is 4. The van der Waals surface area contributed by atoms with E-state index in [4.69, 9.17) is 28.6 Å². The first-order valence-corrected chi connectivity index (χ1v) is 9.46. The topological polar surface area (TPSA) is 79.5 Å². The monoisotopic (exact) mass is 519 g/mol. The second kappa shape index (κ2) is 9.86. The van der Waals surface area contributed by atoms with Gasteiger partial charge in [-0.25, -0.2) is 0 Å². The molecule has 0 saturated carbocycles. The SMILES string of the molecule is O=C(COc1ccc(Br)cc1Br)NC(=S)NNC(=O)c1ccc(Cl)cc1. The van der Waals surface area contributed by atoms with Crippen LogP contribution in [0.1, 0.15) is 10.4 Å². The molecule has 136 valence electrons. The predicted molar refractivity (Wildman–Crippen MR) is 110 cm³/mol. The molecule has 0 aliphatic rings. The molecule has 2 aromatic rings. The zero-order chi connectivity index (χ0) is 19.1. The number of halogens is 3. The normalized spacial score (nSPS) is 9.96. The van der Waals surface area contributed by atoms with Gasteiger partial charge in [0.2, 0.25) is 0 Å². The molecule has 0 aromatic heterocycles. The number of carbonyl (C=O) groups is 2. The second-order valence-electron chi connectivity index (χ2n) is 4.83. The number of hydrogen-bond acceptors (Lipinski definition) is 4. The number of ether oxygens (including phenoxy) is 1. The van der Waals surface area contributed by atoms with Crippen LogP contribution in [0.5, 0.6) is 5.75 Å². The van der Waals surface area contributed by atoms with E-state index in [0.29, 0.717) is 20.8 Å². The Morgan fingerprint density at radius 2 is 1.77 bits per heavy atom. The molecule has 0 heterocycles. The standard InChI is InChI=1S/C16H12Br2ClN3O3S/c17-10-3-6-13(12(18)7-10)25-8-14(23)20-16(26)22-21-15(24)9-1-4-11(19)5-2-9/h1-7H,8H2,(H,21,24)(H2,20,22,23,26).